The van der Waals surface area contributed by atoms with E-state index in [0.29, 0.717) is 13.2 Å². The van der Waals surface area contributed by atoms with Crippen LogP contribution in [-0.2, 0) is 9.53 Å². The maximum atomic E-state index is 11.9. The van der Waals surface area contributed by atoms with Gasteiger partial charge in [-0.25, -0.2) is 0 Å². The highest BCUT2D eigenvalue weighted by Crippen LogP contribution is 1.97. The number of amides is 1. The zero-order valence-electron chi connectivity index (χ0n) is 11.2. The highest BCUT2D eigenvalue weighted by molar-refractivity contribution is 5.81. The average Bonchev–Trinajstić information content (AvgIpc) is 2.27. The van der Waals surface area contributed by atoms with Gasteiger partial charge in [0.1, 0.15) is 0 Å². The lowest BCUT2D eigenvalue weighted by molar-refractivity contribution is -0.132. The number of rotatable bonds is 8. The van der Waals surface area contributed by atoms with E-state index >= 15 is 0 Å². The predicted molar refractivity (Wildman–Crippen MR) is 66.5 cm³/mol. The van der Waals surface area contributed by atoms with E-state index in [2.05, 4.69) is 5.32 Å². The Morgan fingerprint density at radius 3 is 2.25 bits per heavy atom. The van der Waals surface area contributed by atoms with Crippen LogP contribution in [0.4, 0.5) is 0 Å². The number of likely N-dealkylation sites (N-methyl/N-ethyl adjacent to an activating group) is 1. The fourth-order valence-corrected chi connectivity index (χ4v) is 1.65. The van der Waals surface area contributed by atoms with Gasteiger partial charge in [-0.3, -0.25) is 4.79 Å². The lowest BCUT2D eigenvalue weighted by atomic mass is 10.2. The number of hydrogen-bond acceptors (Lipinski definition) is 3. The van der Waals surface area contributed by atoms with Gasteiger partial charge in [0.2, 0.25) is 5.91 Å². The minimum atomic E-state index is -0.143. The van der Waals surface area contributed by atoms with Gasteiger partial charge in [-0.1, -0.05) is 0 Å². The van der Waals surface area contributed by atoms with Crippen molar-refractivity contribution in [3.8, 4) is 0 Å². The third kappa shape index (κ3) is 5.47. The highest BCUT2D eigenvalue weighted by Gasteiger charge is 2.19. The summed E-state index contributed by atoms with van der Waals surface area (Å²) in [5, 5.41) is 3.25. The molecule has 2 unspecified atom stereocenters. The maximum absolute atomic E-state index is 11.9. The summed E-state index contributed by atoms with van der Waals surface area (Å²) >= 11 is 0. The minimum Gasteiger partial charge on any atom is -0.380 e. The molecule has 2 atom stereocenters. The molecule has 0 rings (SSSR count). The number of carbonyl (C=O) groups is 1. The predicted octanol–water partition coefficient (Wildman–Crippen LogP) is 1.26. The molecule has 0 aliphatic rings. The summed E-state index contributed by atoms with van der Waals surface area (Å²) in [5.41, 5.74) is 0. The van der Waals surface area contributed by atoms with E-state index in [0.717, 1.165) is 13.1 Å². The van der Waals surface area contributed by atoms with Crippen molar-refractivity contribution in [1.82, 2.24) is 10.2 Å². The molecule has 0 saturated carbocycles. The highest BCUT2D eigenvalue weighted by atomic mass is 16.5. The van der Waals surface area contributed by atoms with E-state index in [4.69, 9.17) is 4.74 Å². The van der Waals surface area contributed by atoms with E-state index in [1.165, 1.54) is 0 Å². The number of hydrogen-bond donors (Lipinski definition) is 1. The fraction of sp³-hybridized carbons (Fsp3) is 0.917. The quantitative estimate of drug-likeness (QED) is 0.682. The number of nitrogens with zero attached hydrogens (tertiary/aromatic N) is 1. The second-order valence-electron chi connectivity index (χ2n) is 3.96. The normalized spacial score (nSPS) is 14.6. The lowest BCUT2D eigenvalue weighted by Gasteiger charge is -2.25. The number of carbonyl (C=O) groups excluding carboxylic acids is 1. The SMILES string of the molecule is CCOCC(C)NC(C)C(=O)N(CC)CC. The molecule has 0 bridgehead atoms. The molecule has 96 valence electrons. The van der Waals surface area contributed by atoms with E-state index in [1.54, 1.807) is 0 Å². The average molecular weight is 230 g/mol. The Kier molecular flexibility index (Phi) is 8.21. The molecule has 0 aromatic carbocycles. The summed E-state index contributed by atoms with van der Waals surface area (Å²) in [6, 6.07) is 0.0600. The van der Waals surface area contributed by atoms with Gasteiger partial charge in [-0.15, -0.1) is 0 Å². The molecule has 0 saturated heterocycles. The van der Waals surface area contributed by atoms with Gasteiger partial charge in [0.15, 0.2) is 0 Å². The van der Waals surface area contributed by atoms with Crippen molar-refractivity contribution < 1.29 is 9.53 Å². The Hall–Kier alpha value is -0.610. The first-order valence-electron chi connectivity index (χ1n) is 6.19. The Labute approximate surface area is 99.3 Å². The van der Waals surface area contributed by atoms with Crippen LogP contribution < -0.4 is 5.32 Å². The summed E-state index contributed by atoms with van der Waals surface area (Å²) in [7, 11) is 0. The molecule has 0 radical (unpaired) electrons. The van der Waals surface area contributed by atoms with Gasteiger partial charge in [0.25, 0.3) is 0 Å². The summed E-state index contributed by atoms with van der Waals surface area (Å²) < 4.78 is 5.30. The van der Waals surface area contributed by atoms with Gasteiger partial charge in [-0.2, -0.15) is 0 Å². The molecule has 1 N–H and O–H groups in total. The molecular weight excluding hydrogens is 204 g/mol. The van der Waals surface area contributed by atoms with Crippen LogP contribution in [0.15, 0.2) is 0 Å². The van der Waals surface area contributed by atoms with Crippen LogP contribution >= 0.6 is 0 Å². The van der Waals surface area contributed by atoms with E-state index in [1.807, 2.05) is 39.5 Å². The second-order valence-corrected chi connectivity index (χ2v) is 3.96. The van der Waals surface area contributed by atoms with Crippen molar-refractivity contribution >= 4 is 5.91 Å². The molecular formula is C12H26N2O2. The Morgan fingerprint density at radius 1 is 1.25 bits per heavy atom. The van der Waals surface area contributed by atoms with E-state index in [9.17, 15) is 4.79 Å². The molecule has 16 heavy (non-hydrogen) atoms. The molecule has 4 nitrogen and oxygen atoms in total. The molecule has 0 spiro atoms. The molecule has 0 aromatic heterocycles. The van der Waals surface area contributed by atoms with Gasteiger partial charge in [0.05, 0.1) is 12.6 Å². The van der Waals surface area contributed by atoms with Crippen molar-refractivity contribution in [2.75, 3.05) is 26.3 Å². The van der Waals surface area contributed by atoms with Crippen molar-refractivity contribution in [2.24, 2.45) is 0 Å². The van der Waals surface area contributed by atoms with Crippen molar-refractivity contribution in [2.45, 2.75) is 46.7 Å². The maximum Gasteiger partial charge on any atom is 0.239 e. The number of ether oxygens (including phenoxy) is 1. The van der Waals surface area contributed by atoms with Crippen molar-refractivity contribution in [3.05, 3.63) is 0 Å². The van der Waals surface area contributed by atoms with Crippen LogP contribution in [0.5, 0.6) is 0 Å². The summed E-state index contributed by atoms with van der Waals surface area (Å²) in [6.07, 6.45) is 0. The van der Waals surface area contributed by atoms with Gasteiger partial charge in [0, 0.05) is 25.7 Å². The molecule has 0 aromatic rings. The van der Waals surface area contributed by atoms with Gasteiger partial charge >= 0.3 is 0 Å². The topological polar surface area (TPSA) is 41.6 Å². The standard InChI is InChI=1S/C12H26N2O2/c1-6-14(7-2)12(15)11(5)13-10(4)9-16-8-3/h10-11,13H,6-9H2,1-5H3. The Bertz CT molecular complexity index is 193. The first kappa shape index (κ1) is 15.4. The summed E-state index contributed by atoms with van der Waals surface area (Å²) in [6.45, 7) is 12.8. The van der Waals surface area contributed by atoms with Crippen LogP contribution in [0.25, 0.3) is 0 Å². The third-order valence-corrected chi connectivity index (χ3v) is 2.55. The third-order valence-electron chi connectivity index (χ3n) is 2.55. The lowest BCUT2D eigenvalue weighted by Crippen LogP contribution is -2.48. The van der Waals surface area contributed by atoms with Crippen LogP contribution in [0.3, 0.4) is 0 Å². The van der Waals surface area contributed by atoms with Gasteiger partial charge in [-0.05, 0) is 34.6 Å². The first-order chi connectivity index (χ1) is 7.56. The van der Waals surface area contributed by atoms with Crippen LogP contribution in [-0.4, -0.2) is 49.2 Å². The zero-order valence-corrected chi connectivity index (χ0v) is 11.2. The molecule has 1 amide bonds. The van der Waals surface area contributed by atoms with Crippen LogP contribution in [0, 0.1) is 0 Å². The monoisotopic (exact) mass is 230 g/mol. The zero-order chi connectivity index (χ0) is 12.6. The largest absolute Gasteiger partial charge is 0.380 e. The molecule has 4 heteroatoms. The van der Waals surface area contributed by atoms with Gasteiger partial charge < -0.3 is 15.0 Å². The second kappa shape index (κ2) is 8.53. The molecule has 0 heterocycles. The smallest absolute Gasteiger partial charge is 0.239 e. The Morgan fingerprint density at radius 2 is 1.81 bits per heavy atom. The van der Waals surface area contributed by atoms with Crippen LogP contribution in [0.1, 0.15) is 34.6 Å². The van der Waals surface area contributed by atoms with E-state index in [-0.39, 0.29) is 18.0 Å². The summed E-state index contributed by atoms with van der Waals surface area (Å²) in [5.74, 6) is 0.161. The Balaban J connectivity index is 4.03. The number of nitrogens with one attached hydrogen (secondary N) is 1. The molecule has 0 aliphatic carbocycles. The molecule has 0 fully saturated rings. The minimum absolute atomic E-state index is 0.143. The van der Waals surface area contributed by atoms with Crippen LogP contribution in [0.2, 0.25) is 0 Å². The fourth-order valence-electron chi connectivity index (χ4n) is 1.65. The summed E-state index contributed by atoms with van der Waals surface area (Å²) in [4.78, 5) is 13.8. The van der Waals surface area contributed by atoms with Crippen molar-refractivity contribution in [3.63, 3.8) is 0 Å². The first-order valence-corrected chi connectivity index (χ1v) is 6.19. The van der Waals surface area contributed by atoms with E-state index < -0.39 is 0 Å². The molecule has 0 aliphatic heterocycles. The van der Waals surface area contributed by atoms with Crippen molar-refractivity contribution in [1.29, 1.82) is 0 Å².